The zero-order chi connectivity index (χ0) is 30.0. The van der Waals surface area contributed by atoms with Gasteiger partial charge in [-0.25, -0.2) is 20.1 Å². The van der Waals surface area contributed by atoms with Crippen LogP contribution in [0.3, 0.4) is 0 Å². The van der Waals surface area contributed by atoms with Crippen molar-refractivity contribution < 1.29 is 19.1 Å². The number of rotatable bonds is 8. The second-order valence-corrected chi connectivity index (χ2v) is 12.0. The van der Waals surface area contributed by atoms with Gasteiger partial charge in [0.25, 0.3) is 5.56 Å². The molecule has 2 aromatic heterocycles. The SMILES string of the molecule is CCCc1nn(C)c2c(=O)[nH]c(-c3cc(N4CCC5(CCN(C(=O)NOC6CCCCO6)CC5)C4)ccc3OCC)nc12. The fraction of sp³-hybridized carbons (Fsp3) is 0.613. The monoisotopic (exact) mass is 593 g/mol. The van der Waals surface area contributed by atoms with Crippen LogP contribution in [0.25, 0.3) is 22.4 Å². The van der Waals surface area contributed by atoms with E-state index in [4.69, 9.17) is 19.3 Å². The molecule has 3 aliphatic heterocycles. The number of anilines is 1. The van der Waals surface area contributed by atoms with Crippen molar-refractivity contribution in [3.05, 3.63) is 34.2 Å². The predicted octanol–water partition coefficient (Wildman–Crippen LogP) is 4.13. The third-order valence-electron chi connectivity index (χ3n) is 9.10. The normalized spacial score (nSPS) is 20.2. The number of nitrogens with zero attached hydrogens (tertiary/aromatic N) is 5. The van der Waals surface area contributed by atoms with Gasteiger partial charge in [0.1, 0.15) is 17.1 Å². The molecule has 0 bridgehead atoms. The van der Waals surface area contributed by atoms with Crippen molar-refractivity contribution in [3.63, 3.8) is 0 Å². The minimum absolute atomic E-state index is 0.152. The number of benzene rings is 1. The molecule has 2 N–H and O–H groups in total. The number of aromatic nitrogens is 4. The van der Waals surface area contributed by atoms with Crippen LogP contribution in [0.15, 0.2) is 23.0 Å². The first-order valence-corrected chi connectivity index (χ1v) is 15.7. The van der Waals surface area contributed by atoms with Crippen molar-refractivity contribution >= 4 is 22.8 Å². The van der Waals surface area contributed by atoms with E-state index in [1.165, 1.54) is 0 Å². The molecular weight excluding hydrogens is 550 g/mol. The van der Waals surface area contributed by atoms with Crippen LogP contribution in [-0.4, -0.2) is 76.4 Å². The largest absolute Gasteiger partial charge is 0.493 e. The molecule has 0 aliphatic carbocycles. The standard InChI is InChI=1S/C31H43N7O5/c1-4-8-23-26-27(36(3)34-23)29(39)33-28(32-26)22-19-21(10-11-24(22)41-5-2)38-17-14-31(20-38)12-15-37(16-13-31)30(40)35-43-25-9-6-7-18-42-25/h10-11,19,25H,4-9,12-18,20H2,1-3H3,(H,35,40)(H,32,33,39). The highest BCUT2D eigenvalue weighted by Crippen LogP contribution is 2.43. The van der Waals surface area contributed by atoms with Gasteiger partial charge in [0, 0.05) is 51.9 Å². The first kappa shape index (κ1) is 29.4. The summed E-state index contributed by atoms with van der Waals surface area (Å²) in [6, 6.07) is 5.95. The number of hydrogen-bond acceptors (Lipinski definition) is 8. The topological polar surface area (TPSA) is 127 Å². The molecule has 0 radical (unpaired) electrons. The minimum atomic E-state index is -0.353. The molecule has 1 atom stereocenters. The van der Waals surface area contributed by atoms with Gasteiger partial charge >= 0.3 is 6.03 Å². The Hall–Kier alpha value is -3.64. The fourth-order valence-corrected chi connectivity index (χ4v) is 6.69. The maximum absolute atomic E-state index is 13.2. The lowest BCUT2D eigenvalue weighted by Gasteiger charge is -2.39. The van der Waals surface area contributed by atoms with Crippen LogP contribution in [0.2, 0.25) is 0 Å². The van der Waals surface area contributed by atoms with Gasteiger partial charge in [-0.15, -0.1) is 0 Å². The lowest BCUT2D eigenvalue weighted by molar-refractivity contribution is -0.187. The molecule has 3 saturated heterocycles. The Morgan fingerprint density at radius 1 is 1.19 bits per heavy atom. The first-order valence-electron chi connectivity index (χ1n) is 15.7. The third-order valence-corrected chi connectivity index (χ3v) is 9.10. The van der Waals surface area contributed by atoms with E-state index in [2.05, 4.69) is 39.5 Å². The Balaban J connectivity index is 1.17. The molecule has 12 nitrogen and oxygen atoms in total. The van der Waals surface area contributed by atoms with E-state index in [1.54, 1.807) is 11.7 Å². The minimum Gasteiger partial charge on any atom is -0.493 e. The van der Waals surface area contributed by atoms with Crippen molar-refractivity contribution in [2.45, 2.75) is 71.5 Å². The van der Waals surface area contributed by atoms with E-state index in [9.17, 15) is 9.59 Å². The molecule has 0 saturated carbocycles. The van der Waals surface area contributed by atoms with E-state index in [-0.39, 0.29) is 23.3 Å². The van der Waals surface area contributed by atoms with Crippen LogP contribution in [0, 0.1) is 5.41 Å². The highest BCUT2D eigenvalue weighted by atomic mass is 16.8. The maximum Gasteiger partial charge on any atom is 0.341 e. The summed E-state index contributed by atoms with van der Waals surface area (Å²) in [5.41, 5.74) is 6.33. The number of likely N-dealkylation sites (tertiary alicyclic amines) is 1. The number of hydroxylamine groups is 1. The van der Waals surface area contributed by atoms with E-state index in [0.717, 1.165) is 81.4 Å². The summed E-state index contributed by atoms with van der Waals surface area (Å²) in [5.74, 6) is 1.17. The van der Waals surface area contributed by atoms with Crippen molar-refractivity contribution in [2.24, 2.45) is 12.5 Å². The summed E-state index contributed by atoms with van der Waals surface area (Å²) in [6.07, 6.45) is 7.14. The van der Waals surface area contributed by atoms with Crippen molar-refractivity contribution in [1.29, 1.82) is 0 Å². The number of piperidine rings is 1. The van der Waals surface area contributed by atoms with Crippen LogP contribution < -0.4 is 20.7 Å². The van der Waals surface area contributed by atoms with E-state index < -0.39 is 0 Å². The van der Waals surface area contributed by atoms with Crippen LogP contribution in [0.4, 0.5) is 10.5 Å². The predicted molar refractivity (Wildman–Crippen MR) is 163 cm³/mol. The molecule has 1 unspecified atom stereocenters. The second-order valence-electron chi connectivity index (χ2n) is 12.0. The van der Waals surface area contributed by atoms with Crippen LogP contribution in [0.5, 0.6) is 5.75 Å². The summed E-state index contributed by atoms with van der Waals surface area (Å²) in [6.45, 7) is 8.44. The Labute approximate surface area is 251 Å². The number of H-pyrrole nitrogens is 1. The van der Waals surface area contributed by atoms with Gasteiger partial charge in [-0.05, 0) is 69.1 Å². The zero-order valence-corrected chi connectivity index (χ0v) is 25.5. The average molecular weight is 594 g/mol. The van der Waals surface area contributed by atoms with Crippen LogP contribution >= 0.6 is 0 Å². The molecule has 3 fully saturated rings. The molecule has 3 aliphatic rings. The summed E-state index contributed by atoms with van der Waals surface area (Å²) in [5, 5.41) is 4.56. The molecule has 1 spiro atoms. The van der Waals surface area contributed by atoms with Gasteiger partial charge in [-0.2, -0.15) is 5.10 Å². The van der Waals surface area contributed by atoms with Gasteiger partial charge in [0.2, 0.25) is 0 Å². The number of amides is 2. The van der Waals surface area contributed by atoms with Crippen LogP contribution in [0.1, 0.15) is 64.5 Å². The van der Waals surface area contributed by atoms with Gasteiger partial charge in [0.05, 0.1) is 17.9 Å². The number of ether oxygens (including phenoxy) is 2. The van der Waals surface area contributed by atoms with Crippen LogP contribution in [-0.2, 0) is 23.0 Å². The van der Waals surface area contributed by atoms with Crippen molar-refractivity contribution in [1.82, 2.24) is 30.1 Å². The number of nitrogens with one attached hydrogen (secondary N) is 2. The molecule has 3 aromatic rings. The van der Waals surface area contributed by atoms with Gasteiger partial charge in [-0.1, -0.05) is 13.3 Å². The highest BCUT2D eigenvalue weighted by Gasteiger charge is 2.41. The molecule has 12 heteroatoms. The number of fused-ring (bicyclic) bond motifs is 1. The number of aryl methyl sites for hydroxylation is 2. The number of aromatic amines is 1. The number of urea groups is 1. The average Bonchev–Trinajstić information content (AvgIpc) is 3.58. The maximum atomic E-state index is 13.2. The molecule has 232 valence electrons. The number of carbonyl (C=O) groups excluding carboxylic acids is 1. The van der Waals surface area contributed by atoms with Gasteiger partial charge in [-0.3, -0.25) is 9.48 Å². The lowest BCUT2D eigenvalue weighted by atomic mass is 9.78. The Kier molecular flexibility index (Phi) is 8.58. The smallest absolute Gasteiger partial charge is 0.341 e. The third kappa shape index (κ3) is 6.08. The number of carbonyl (C=O) groups is 1. The quantitative estimate of drug-likeness (QED) is 0.374. The summed E-state index contributed by atoms with van der Waals surface area (Å²) in [4.78, 5) is 43.5. The first-order chi connectivity index (χ1) is 20.9. The molecule has 1 aromatic carbocycles. The lowest BCUT2D eigenvalue weighted by Crippen LogP contribution is -2.49. The van der Waals surface area contributed by atoms with Crippen molar-refractivity contribution in [3.8, 4) is 17.1 Å². The second kappa shape index (κ2) is 12.5. The molecule has 5 heterocycles. The Morgan fingerprint density at radius 2 is 2.00 bits per heavy atom. The Bertz CT molecular complexity index is 1500. The van der Waals surface area contributed by atoms with E-state index >= 15 is 0 Å². The van der Waals surface area contributed by atoms with E-state index in [1.807, 2.05) is 17.9 Å². The molecular formula is C31H43N7O5. The van der Waals surface area contributed by atoms with E-state index in [0.29, 0.717) is 48.9 Å². The van der Waals surface area contributed by atoms with Gasteiger partial charge < -0.3 is 24.3 Å². The molecule has 6 rings (SSSR count). The zero-order valence-electron chi connectivity index (χ0n) is 25.5. The summed E-state index contributed by atoms with van der Waals surface area (Å²) in [7, 11) is 1.78. The number of hydrogen-bond donors (Lipinski definition) is 2. The molecule has 43 heavy (non-hydrogen) atoms. The Morgan fingerprint density at radius 3 is 2.74 bits per heavy atom. The summed E-state index contributed by atoms with van der Waals surface area (Å²) >= 11 is 0. The molecule has 2 amide bonds. The summed E-state index contributed by atoms with van der Waals surface area (Å²) < 4.78 is 13.2. The fourth-order valence-electron chi connectivity index (χ4n) is 6.69. The highest BCUT2D eigenvalue weighted by molar-refractivity contribution is 5.80. The van der Waals surface area contributed by atoms with Crippen molar-refractivity contribution in [2.75, 3.05) is 44.3 Å². The van der Waals surface area contributed by atoms with Gasteiger partial charge in [0.15, 0.2) is 11.8 Å².